The fourth-order valence-electron chi connectivity index (χ4n) is 2.52. The van der Waals surface area contributed by atoms with E-state index in [0.29, 0.717) is 22.2 Å². The average Bonchev–Trinajstić information content (AvgIpc) is 2.79. The zero-order valence-corrected chi connectivity index (χ0v) is 11.3. The van der Waals surface area contributed by atoms with E-state index in [9.17, 15) is 14.7 Å². The summed E-state index contributed by atoms with van der Waals surface area (Å²) >= 11 is 0. The largest absolute Gasteiger partial charge is 0.478 e. The van der Waals surface area contributed by atoms with E-state index < -0.39 is 5.97 Å². The zero-order chi connectivity index (χ0) is 15.0. The summed E-state index contributed by atoms with van der Waals surface area (Å²) in [7, 11) is 0. The monoisotopic (exact) mass is 280 g/mol. The molecule has 0 bridgehead atoms. The van der Waals surface area contributed by atoms with E-state index in [1.807, 2.05) is 0 Å². The van der Waals surface area contributed by atoms with Crippen molar-refractivity contribution in [2.75, 3.05) is 0 Å². The Hall–Kier alpha value is -2.95. The SMILES string of the molecule is Cc1c(C(=O)O)c2ccccc2n1C(=O)c1cccnc1. The van der Waals surface area contributed by atoms with Crippen molar-refractivity contribution >= 4 is 22.8 Å². The van der Waals surface area contributed by atoms with Gasteiger partial charge in [-0.05, 0) is 25.1 Å². The van der Waals surface area contributed by atoms with Gasteiger partial charge in [-0.25, -0.2) is 4.79 Å². The van der Waals surface area contributed by atoms with Gasteiger partial charge in [-0.1, -0.05) is 18.2 Å². The van der Waals surface area contributed by atoms with E-state index in [2.05, 4.69) is 4.98 Å². The minimum absolute atomic E-state index is 0.155. The molecule has 0 unspecified atom stereocenters. The molecule has 1 N–H and O–H groups in total. The van der Waals surface area contributed by atoms with Crippen molar-refractivity contribution in [3.63, 3.8) is 0 Å². The number of fused-ring (bicyclic) bond motifs is 1. The number of carboxylic acids is 1. The van der Waals surface area contributed by atoms with Gasteiger partial charge in [-0.2, -0.15) is 0 Å². The van der Waals surface area contributed by atoms with Crippen LogP contribution in [0.1, 0.15) is 26.4 Å². The van der Waals surface area contributed by atoms with E-state index in [1.54, 1.807) is 49.5 Å². The molecule has 2 heterocycles. The highest BCUT2D eigenvalue weighted by atomic mass is 16.4. The van der Waals surface area contributed by atoms with Gasteiger partial charge in [0, 0.05) is 23.5 Å². The third-order valence-electron chi connectivity index (χ3n) is 3.44. The Bertz CT molecular complexity index is 851. The number of pyridine rings is 1. The molecule has 1 aromatic carbocycles. The maximum atomic E-state index is 12.6. The lowest BCUT2D eigenvalue weighted by Gasteiger charge is -2.06. The first-order valence-corrected chi connectivity index (χ1v) is 6.39. The number of hydrogen-bond acceptors (Lipinski definition) is 3. The number of aromatic carboxylic acids is 1. The number of carbonyl (C=O) groups excluding carboxylic acids is 1. The van der Waals surface area contributed by atoms with E-state index in [4.69, 9.17) is 0 Å². The van der Waals surface area contributed by atoms with Crippen molar-refractivity contribution in [3.8, 4) is 0 Å². The van der Waals surface area contributed by atoms with Crippen LogP contribution in [-0.4, -0.2) is 26.5 Å². The Morgan fingerprint density at radius 2 is 1.90 bits per heavy atom. The summed E-state index contributed by atoms with van der Waals surface area (Å²) in [5.41, 5.74) is 1.57. The van der Waals surface area contributed by atoms with Crippen LogP contribution in [0.25, 0.3) is 10.9 Å². The summed E-state index contributed by atoms with van der Waals surface area (Å²) in [6.07, 6.45) is 3.05. The number of rotatable bonds is 2. The molecule has 3 rings (SSSR count). The van der Waals surface area contributed by atoms with Gasteiger partial charge in [-0.3, -0.25) is 14.3 Å². The first-order valence-electron chi connectivity index (χ1n) is 6.39. The summed E-state index contributed by atoms with van der Waals surface area (Å²) in [4.78, 5) is 28.1. The van der Waals surface area contributed by atoms with Gasteiger partial charge in [0.1, 0.15) is 0 Å². The van der Waals surface area contributed by atoms with E-state index >= 15 is 0 Å². The molecule has 0 fully saturated rings. The number of benzene rings is 1. The summed E-state index contributed by atoms with van der Waals surface area (Å²) in [5, 5.41) is 9.95. The van der Waals surface area contributed by atoms with Gasteiger partial charge in [0.25, 0.3) is 5.91 Å². The second kappa shape index (κ2) is 4.86. The third-order valence-corrected chi connectivity index (χ3v) is 3.44. The molecule has 0 spiro atoms. The van der Waals surface area contributed by atoms with E-state index in [-0.39, 0.29) is 11.5 Å². The maximum Gasteiger partial charge on any atom is 0.338 e. The summed E-state index contributed by atoms with van der Waals surface area (Å²) < 4.78 is 1.43. The van der Waals surface area contributed by atoms with Gasteiger partial charge in [0.2, 0.25) is 0 Å². The molecule has 0 saturated heterocycles. The Balaban J connectivity index is 2.31. The van der Waals surface area contributed by atoms with Crippen molar-refractivity contribution < 1.29 is 14.7 Å². The van der Waals surface area contributed by atoms with Crippen molar-refractivity contribution in [1.82, 2.24) is 9.55 Å². The fourth-order valence-corrected chi connectivity index (χ4v) is 2.52. The molecule has 0 amide bonds. The number of carboxylic acid groups (broad SMARTS) is 1. The van der Waals surface area contributed by atoms with Crippen LogP contribution in [0, 0.1) is 6.92 Å². The van der Waals surface area contributed by atoms with Gasteiger partial charge in [-0.15, -0.1) is 0 Å². The van der Waals surface area contributed by atoms with Gasteiger partial charge >= 0.3 is 5.97 Å². The standard InChI is InChI=1S/C16H12N2O3/c1-10-14(16(20)21)12-6-2-3-7-13(12)18(10)15(19)11-5-4-8-17-9-11/h2-9H,1H3,(H,20,21). The molecule has 0 saturated carbocycles. The van der Waals surface area contributed by atoms with E-state index in [1.165, 1.54) is 10.8 Å². The van der Waals surface area contributed by atoms with Gasteiger partial charge in [0.05, 0.1) is 16.6 Å². The van der Waals surface area contributed by atoms with Crippen LogP contribution in [0.15, 0.2) is 48.8 Å². The third kappa shape index (κ3) is 1.99. The zero-order valence-electron chi connectivity index (χ0n) is 11.3. The molecule has 104 valence electrons. The van der Waals surface area contributed by atoms with E-state index in [0.717, 1.165) is 0 Å². The lowest BCUT2D eigenvalue weighted by atomic mass is 10.1. The summed E-state index contributed by atoms with van der Waals surface area (Å²) in [6.45, 7) is 1.64. The van der Waals surface area contributed by atoms with Gasteiger partial charge in [0.15, 0.2) is 0 Å². The quantitative estimate of drug-likeness (QED) is 0.783. The highest BCUT2D eigenvalue weighted by Crippen LogP contribution is 2.26. The lowest BCUT2D eigenvalue weighted by Crippen LogP contribution is -2.14. The highest BCUT2D eigenvalue weighted by molar-refractivity contribution is 6.10. The molecule has 0 aliphatic carbocycles. The first kappa shape index (κ1) is 13.1. The van der Waals surface area contributed by atoms with Crippen LogP contribution >= 0.6 is 0 Å². The second-order valence-electron chi connectivity index (χ2n) is 4.66. The van der Waals surface area contributed by atoms with Crippen LogP contribution in [-0.2, 0) is 0 Å². The number of hydrogen-bond donors (Lipinski definition) is 1. The minimum Gasteiger partial charge on any atom is -0.478 e. The van der Waals surface area contributed by atoms with Crippen molar-refractivity contribution in [2.45, 2.75) is 6.92 Å². The molecule has 0 atom stereocenters. The Morgan fingerprint density at radius 1 is 1.14 bits per heavy atom. The molecule has 3 aromatic rings. The molecule has 2 aromatic heterocycles. The number of carbonyl (C=O) groups is 2. The Labute approximate surface area is 120 Å². The van der Waals surface area contributed by atoms with Gasteiger partial charge < -0.3 is 5.11 Å². The minimum atomic E-state index is -1.04. The molecule has 21 heavy (non-hydrogen) atoms. The normalized spacial score (nSPS) is 10.7. The van der Waals surface area contributed by atoms with Crippen LogP contribution in [0.2, 0.25) is 0 Å². The van der Waals surface area contributed by atoms with Crippen molar-refractivity contribution in [1.29, 1.82) is 0 Å². The Kier molecular flexibility index (Phi) is 3.02. The molecule has 0 radical (unpaired) electrons. The average molecular weight is 280 g/mol. The second-order valence-corrected chi connectivity index (χ2v) is 4.66. The summed E-state index contributed by atoms with van der Waals surface area (Å²) in [5.74, 6) is -1.33. The topological polar surface area (TPSA) is 72.2 Å². The van der Waals surface area contributed by atoms with Crippen LogP contribution in [0.5, 0.6) is 0 Å². The smallest absolute Gasteiger partial charge is 0.338 e. The maximum absolute atomic E-state index is 12.6. The number of aromatic nitrogens is 2. The first-order chi connectivity index (χ1) is 10.1. The van der Waals surface area contributed by atoms with Crippen molar-refractivity contribution in [3.05, 3.63) is 65.6 Å². The number of para-hydroxylation sites is 1. The predicted molar refractivity (Wildman–Crippen MR) is 77.6 cm³/mol. The highest BCUT2D eigenvalue weighted by Gasteiger charge is 2.23. The predicted octanol–water partition coefficient (Wildman–Crippen LogP) is 2.73. The molecule has 5 heteroatoms. The molecule has 0 aliphatic rings. The molecule has 0 aliphatic heterocycles. The van der Waals surface area contributed by atoms with Crippen LogP contribution in [0.4, 0.5) is 0 Å². The Morgan fingerprint density at radius 3 is 2.57 bits per heavy atom. The van der Waals surface area contributed by atoms with Crippen molar-refractivity contribution in [2.24, 2.45) is 0 Å². The lowest BCUT2D eigenvalue weighted by molar-refractivity contribution is 0.0698. The number of nitrogens with zero attached hydrogens (tertiary/aromatic N) is 2. The van der Waals surface area contributed by atoms with Crippen LogP contribution in [0.3, 0.4) is 0 Å². The molecular formula is C16H12N2O3. The molecular weight excluding hydrogens is 268 g/mol. The fraction of sp³-hybridized carbons (Fsp3) is 0.0625. The molecule has 5 nitrogen and oxygen atoms in total. The summed E-state index contributed by atoms with van der Waals surface area (Å²) in [6, 6.07) is 10.3. The van der Waals surface area contributed by atoms with Crippen LogP contribution < -0.4 is 0 Å².